The molecule has 3 rings (SSSR count). The van der Waals surface area contributed by atoms with E-state index in [2.05, 4.69) is 15.9 Å². The Bertz CT molecular complexity index is 849. The quantitative estimate of drug-likeness (QED) is 0.688. The Hall–Kier alpha value is -1.55. The maximum absolute atomic E-state index is 11.6. The van der Waals surface area contributed by atoms with Gasteiger partial charge < -0.3 is 5.11 Å². The van der Waals surface area contributed by atoms with Crippen LogP contribution in [0.25, 0.3) is 11.6 Å². The van der Waals surface area contributed by atoms with Gasteiger partial charge >= 0.3 is 5.97 Å². The predicted octanol–water partition coefficient (Wildman–Crippen LogP) is 5.86. The highest BCUT2D eigenvalue weighted by Gasteiger charge is 2.25. The summed E-state index contributed by atoms with van der Waals surface area (Å²) in [6, 6.07) is 10.9. The summed E-state index contributed by atoms with van der Waals surface area (Å²) in [6.07, 6.45) is 4.23. The van der Waals surface area contributed by atoms with Gasteiger partial charge in [-0.05, 0) is 59.0 Å². The van der Waals surface area contributed by atoms with Crippen molar-refractivity contribution in [2.75, 3.05) is 0 Å². The molecule has 23 heavy (non-hydrogen) atoms. The molecule has 0 saturated carbocycles. The first kappa shape index (κ1) is 16.3. The van der Waals surface area contributed by atoms with Gasteiger partial charge in [-0.2, -0.15) is 0 Å². The zero-order valence-corrected chi connectivity index (χ0v) is 14.9. The molecule has 0 atom stereocenters. The minimum atomic E-state index is -0.921. The van der Waals surface area contributed by atoms with E-state index in [-0.39, 0.29) is 0 Å². The van der Waals surface area contributed by atoms with Crippen molar-refractivity contribution in [3.05, 3.63) is 79.3 Å². The van der Waals surface area contributed by atoms with E-state index in [1.54, 1.807) is 18.2 Å². The molecule has 2 nitrogen and oxygen atoms in total. The summed E-state index contributed by atoms with van der Waals surface area (Å²) >= 11 is 15.4. The van der Waals surface area contributed by atoms with Gasteiger partial charge in [-0.3, -0.25) is 0 Å². The fourth-order valence-corrected chi connectivity index (χ4v) is 3.63. The largest absolute Gasteiger partial charge is 0.478 e. The van der Waals surface area contributed by atoms with Crippen LogP contribution < -0.4 is 0 Å². The lowest BCUT2D eigenvalue weighted by Gasteiger charge is -2.01. The number of hydrogen-bond acceptors (Lipinski definition) is 1. The lowest BCUT2D eigenvalue weighted by molar-refractivity contribution is -0.130. The van der Waals surface area contributed by atoms with Crippen LogP contribution in [0.1, 0.15) is 16.7 Å². The Labute approximate surface area is 152 Å². The molecule has 0 amide bonds. The summed E-state index contributed by atoms with van der Waals surface area (Å²) in [6.45, 7) is 0. The summed E-state index contributed by atoms with van der Waals surface area (Å²) in [4.78, 5) is 11.6. The summed E-state index contributed by atoms with van der Waals surface area (Å²) in [5.41, 5.74) is 3.71. The molecule has 0 aromatic heterocycles. The molecule has 0 unspecified atom stereocenters. The molecule has 2 aromatic rings. The molecule has 1 aliphatic carbocycles. The number of aliphatic carboxylic acids is 1. The van der Waals surface area contributed by atoms with Crippen molar-refractivity contribution in [3.8, 4) is 0 Å². The van der Waals surface area contributed by atoms with E-state index >= 15 is 0 Å². The first-order valence-electron chi connectivity index (χ1n) is 6.83. The molecule has 0 aliphatic heterocycles. The van der Waals surface area contributed by atoms with Crippen molar-refractivity contribution in [2.24, 2.45) is 0 Å². The lowest BCUT2D eigenvalue weighted by atomic mass is 10.1. The number of benzene rings is 2. The second-order valence-corrected chi connectivity index (χ2v) is 7.01. The van der Waals surface area contributed by atoms with Crippen LogP contribution >= 0.6 is 39.1 Å². The molecule has 0 heterocycles. The number of halogens is 3. The van der Waals surface area contributed by atoms with Crippen molar-refractivity contribution in [3.63, 3.8) is 0 Å². The monoisotopic (exact) mass is 408 g/mol. The number of hydrogen-bond donors (Lipinski definition) is 1. The minimum Gasteiger partial charge on any atom is -0.478 e. The second-order valence-electron chi connectivity index (χ2n) is 5.22. The van der Waals surface area contributed by atoms with Gasteiger partial charge in [-0.15, -0.1) is 0 Å². The second kappa shape index (κ2) is 6.52. The van der Waals surface area contributed by atoms with E-state index in [1.165, 1.54) is 0 Å². The first-order chi connectivity index (χ1) is 10.9. The summed E-state index contributed by atoms with van der Waals surface area (Å²) in [5.74, 6) is -0.921. The van der Waals surface area contributed by atoms with Crippen LogP contribution in [0.4, 0.5) is 0 Å². The van der Waals surface area contributed by atoms with Crippen LogP contribution in [-0.2, 0) is 11.2 Å². The summed E-state index contributed by atoms with van der Waals surface area (Å²) < 4.78 is 0.938. The number of carboxylic acids is 1. The zero-order chi connectivity index (χ0) is 16.6. The highest BCUT2D eigenvalue weighted by molar-refractivity contribution is 9.10. The molecule has 0 radical (unpaired) electrons. The first-order valence-corrected chi connectivity index (χ1v) is 8.38. The van der Waals surface area contributed by atoms with Crippen LogP contribution in [-0.4, -0.2) is 11.1 Å². The fourth-order valence-electron chi connectivity index (χ4n) is 2.68. The molecule has 0 saturated heterocycles. The summed E-state index contributed by atoms with van der Waals surface area (Å²) in [7, 11) is 0. The number of carboxylic acid groups (broad SMARTS) is 1. The van der Waals surface area contributed by atoms with Gasteiger partial charge in [0.05, 0.1) is 5.57 Å². The van der Waals surface area contributed by atoms with Gasteiger partial charge in [0.25, 0.3) is 0 Å². The number of carbonyl (C=O) groups is 1. The van der Waals surface area contributed by atoms with Gasteiger partial charge in [0.15, 0.2) is 0 Å². The van der Waals surface area contributed by atoms with Gasteiger partial charge in [0.1, 0.15) is 0 Å². The average Bonchev–Trinajstić information content (AvgIpc) is 2.81. The Kier molecular flexibility index (Phi) is 4.62. The smallest absolute Gasteiger partial charge is 0.336 e. The van der Waals surface area contributed by atoms with E-state index in [0.717, 1.165) is 26.7 Å². The molecule has 2 aromatic carbocycles. The molecule has 0 spiro atoms. The minimum absolute atomic E-state index is 0.344. The van der Waals surface area contributed by atoms with Crippen molar-refractivity contribution < 1.29 is 9.90 Å². The van der Waals surface area contributed by atoms with E-state index < -0.39 is 5.97 Å². The lowest BCUT2D eigenvalue weighted by Crippen LogP contribution is -1.99. The van der Waals surface area contributed by atoms with Crippen LogP contribution in [0.3, 0.4) is 0 Å². The van der Waals surface area contributed by atoms with E-state index in [1.807, 2.05) is 30.4 Å². The molecular weight excluding hydrogens is 399 g/mol. The molecule has 5 heteroatoms. The van der Waals surface area contributed by atoms with Crippen molar-refractivity contribution >= 4 is 56.8 Å². The predicted molar refractivity (Wildman–Crippen MR) is 97.9 cm³/mol. The topological polar surface area (TPSA) is 37.3 Å². The molecule has 0 bridgehead atoms. The molecule has 0 fully saturated rings. The third kappa shape index (κ3) is 3.52. The molecule has 116 valence electrons. The third-order valence-electron chi connectivity index (χ3n) is 3.61. The van der Waals surface area contributed by atoms with E-state index in [0.29, 0.717) is 22.0 Å². The highest BCUT2D eigenvalue weighted by Crippen LogP contribution is 2.35. The van der Waals surface area contributed by atoms with Gasteiger partial charge in [-0.1, -0.05) is 57.4 Å². The van der Waals surface area contributed by atoms with Crippen LogP contribution in [0.5, 0.6) is 0 Å². The van der Waals surface area contributed by atoms with E-state index in [9.17, 15) is 9.90 Å². The Balaban J connectivity index is 2.00. The molecule has 1 N–H and O–H groups in total. The third-order valence-corrected chi connectivity index (χ3v) is 4.54. The Morgan fingerprint density at radius 3 is 2.43 bits per heavy atom. The number of fused-ring (bicyclic) bond motifs is 1. The Morgan fingerprint density at radius 2 is 1.78 bits per heavy atom. The maximum Gasteiger partial charge on any atom is 0.336 e. The highest BCUT2D eigenvalue weighted by atomic mass is 79.9. The standard InChI is InChI=1S/C18H11BrCl2O2/c19-13-3-4-16-12(8-13)7-11(17(16)18(22)23)2-1-10-5-14(20)9-15(21)6-10/h1-6,8-9H,7H2,(H,22,23)/b2-1+. The zero-order valence-electron chi connectivity index (χ0n) is 11.8. The number of rotatable bonds is 3. The van der Waals surface area contributed by atoms with Gasteiger partial charge in [0.2, 0.25) is 0 Å². The van der Waals surface area contributed by atoms with Crippen LogP contribution in [0, 0.1) is 0 Å². The van der Waals surface area contributed by atoms with Crippen LogP contribution in [0.2, 0.25) is 10.0 Å². The van der Waals surface area contributed by atoms with Gasteiger partial charge in [0, 0.05) is 14.5 Å². The normalized spacial score (nSPS) is 13.7. The van der Waals surface area contributed by atoms with Crippen molar-refractivity contribution in [1.82, 2.24) is 0 Å². The Morgan fingerprint density at radius 1 is 1.09 bits per heavy atom. The maximum atomic E-state index is 11.6. The average molecular weight is 410 g/mol. The van der Waals surface area contributed by atoms with Crippen LogP contribution in [0.15, 0.2) is 52.5 Å². The SMILES string of the molecule is O=C(O)C1=C(/C=C/c2cc(Cl)cc(Cl)c2)Cc2cc(Br)ccc21. The van der Waals surface area contributed by atoms with Crippen molar-refractivity contribution in [1.29, 1.82) is 0 Å². The molecular formula is C18H11BrCl2O2. The van der Waals surface area contributed by atoms with Crippen molar-refractivity contribution in [2.45, 2.75) is 6.42 Å². The number of allylic oxidation sites excluding steroid dienone is 2. The fraction of sp³-hybridized carbons (Fsp3) is 0.0556. The van der Waals surface area contributed by atoms with Gasteiger partial charge in [-0.25, -0.2) is 4.79 Å². The van der Waals surface area contributed by atoms with E-state index in [4.69, 9.17) is 23.2 Å². The summed E-state index contributed by atoms with van der Waals surface area (Å²) in [5, 5.41) is 10.6. The molecule has 1 aliphatic rings.